The van der Waals surface area contributed by atoms with Crippen LogP contribution in [0.1, 0.15) is 35.9 Å². The van der Waals surface area contributed by atoms with Crippen molar-refractivity contribution in [1.82, 2.24) is 9.97 Å². The second-order valence-electron chi connectivity index (χ2n) is 9.05. The highest BCUT2D eigenvalue weighted by Crippen LogP contribution is 2.43. The summed E-state index contributed by atoms with van der Waals surface area (Å²) in [5.74, 6) is 0. The molecule has 3 aromatic carbocycles. The maximum absolute atomic E-state index is 5.23. The van der Waals surface area contributed by atoms with Gasteiger partial charge in [0.05, 0.1) is 22.6 Å². The molecule has 0 radical (unpaired) electrons. The van der Waals surface area contributed by atoms with Gasteiger partial charge < -0.3 is 15.3 Å². The molecule has 5 aromatic rings. The predicted molar refractivity (Wildman–Crippen MR) is 134 cm³/mol. The van der Waals surface area contributed by atoms with Gasteiger partial charge in [0.15, 0.2) is 0 Å². The Balaban J connectivity index is 1.62. The molecule has 32 heavy (non-hydrogen) atoms. The van der Waals surface area contributed by atoms with E-state index in [0.717, 1.165) is 34.7 Å². The molecule has 0 bridgehead atoms. The van der Waals surface area contributed by atoms with Gasteiger partial charge in [0.1, 0.15) is 0 Å². The Morgan fingerprint density at radius 2 is 1.38 bits per heavy atom. The van der Waals surface area contributed by atoms with Crippen LogP contribution in [0.5, 0.6) is 0 Å². The number of aromatic amines is 2. The van der Waals surface area contributed by atoms with E-state index in [-0.39, 0.29) is 5.54 Å². The standard InChI is InChI=1S/C28H26N4/c1-17-26(19-10-4-6-12-21(19)29-17)25-16-28(3,32-24-15-9-8-14-23(24)31-25)27-18(2)30-22-13-7-5-11-20(22)27/h4-15,29-30,32H,16H2,1-3H3. The van der Waals surface area contributed by atoms with Crippen molar-refractivity contribution in [2.45, 2.75) is 32.7 Å². The Morgan fingerprint density at radius 3 is 2.19 bits per heavy atom. The molecule has 3 N–H and O–H groups in total. The Bertz CT molecular complexity index is 1520. The first-order valence-electron chi connectivity index (χ1n) is 11.1. The predicted octanol–water partition coefficient (Wildman–Crippen LogP) is 7.12. The Hall–Kier alpha value is -3.79. The quantitative estimate of drug-likeness (QED) is 0.281. The molecule has 0 amide bonds. The zero-order valence-electron chi connectivity index (χ0n) is 18.6. The Kier molecular flexibility index (Phi) is 4.06. The van der Waals surface area contributed by atoms with E-state index in [1.54, 1.807) is 0 Å². The molecule has 158 valence electrons. The summed E-state index contributed by atoms with van der Waals surface area (Å²) in [5.41, 5.74) is 9.99. The van der Waals surface area contributed by atoms with Gasteiger partial charge in [-0.25, -0.2) is 0 Å². The van der Waals surface area contributed by atoms with Crippen molar-refractivity contribution in [3.63, 3.8) is 0 Å². The minimum absolute atomic E-state index is 0.333. The summed E-state index contributed by atoms with van der Waals surface area (Å²) >= 11 is 0. The molecule has 0 aliphatic carbocycles. The number of rotatable bonds is 2. The van der Waals surface area contributed by atoms with E-state index >= 15 is 0 Å². The number of para-hydroxylation sites is 4. The number of H-pyrrole nitrogens is 2. The van der Waals surface area contributed by atoms with Crippen LogP contribution in [-0.2, 0) is 5.54 Å². The number of nitrogens with zero attached hydrogens (tertiary/aromatic N) is 1. The topological polar surface area (TPSA) is 56.0 Å². The molecule has 3 heterocycles. The molecule has 0 saturated heterocycles. The molecule has 6 rings (SSSR count). The number of benzene rings is 3. The Morgan fingerprint density at radius 1 is 0.750 bits per heavy atom. The zero-order chi connectivity index (χ0) is 21.9. The van der Waals surface area contributed by atoms with E-state index in [0.29, 0.717) is 0 Å². The lowest BCUT2D eigenvalue weighted by Crippen LogP contribution is -2.34. The first-order valence-corrected chi connectivity index (χ1v) is 11.1. The fraction of sp³-hybridized carbons (Fsp3) is 0.179. The summed E-state index contributed by atoms with van der Waals surface area (Å²) < 4.78 is 0. The molecule has 1 atom stereocenters. The first kappa shape index (κ1) is 18.9. The van der Waals surface area contributed by atoms with Gasteiger partial charge >= 0.3 is 0 Å². The number of anilines is 1. The number of hydrogen-bond donors (Lipinski definition) is 3. The average molecular weight is 419 g/mol. The highest BCUT2D eigenvalue weighted by molar-refractivity contribution is 6.14. The summed E-state index contributed by atoms with van der Waals surface area (Å²) in [6.45, 7) is 6.63. The average Bonchev–Trinajstić information content (AvgIpc) is 3.24. The maximum atomic E-state index is 5.23. The van der Waals surface area contributed by atoms with Crippen molar-refractivity contribution in [2.24, 2.45) is 4.99 Å². The van der Waals surface area contributed by atoms with Gasteiger partial charge in [-0.3, -0.25) is 4.99 Å². The number of aromatic nitrogens is 2. The van der Waals surface area contributed by atoms with Crippen LogP contribution in [0.25, 0.3) is 21.8 Å². The summed E-state index contributed by atoms with van der Waals surface area (Å²) in [6.07, 6.45) is 0.771. The number of aliphatic imine (C=N–C) groups is 1. The normalized spacial score (nSPS) is 18.3. The molecule has 0 saturated carbocycles. The van der Waals surface area contributed by atoms with Crippen LogP contribution < -0.4 is 5.32 Å². The van der Waals surface area contributed by atoms with E-state index in [9.17, 15) is 0 Å². The van der Waals surface area contributed by atoms with Crippen LogP contribution in [0.2, 0.25) is 0 Å². The first-order chi connectivity index (χ1) is 15.5. The third-order valence-corrected chi connectivity index (χ3v) is 6.72. The second-order valence-corrected chi connectivity index (χ2v) is 9.05. The largest absolute Gasteiger partial charge is 0.374 e. The van der Waals surface area contributed by atoms with Crippen LogP contribution in [-0.4, -0.2) is 15.7 Å². The van der Waals surface area contributed by atoms with E-state index in [4.69, 9.17) is 4.99 Å². The van der Waals surface area contributed by atoms with Crippen LogP contribution in [0.3, 0.4) is 0 Å². The van der Waals surface area contributed by atoms with E-state index in [1.807, 2.05) is 0 Å². The molecule has 1 aliphatic heterocycles. The lowest BCUT2D eigenvalue weighted by atomic mass is 9.83. The van der Waals surface area contributed by atoms with Gasteiger partial charge in [-0.15, -0.1) is 0 Å². The summed E-state index contributed by atoms with van der Waals surface area (Å²) in [6, 6.07) is 25.4. The summed E-state index contributed by atoms with van der Waals surface area (Å²) in [4.78, 5) is 12.4. The third kappa shape index (κ3) is 2.79. The monoisotopic (exact) mass is 418 g/mol. The summed E-state index contributed by atoms with van der Waals surface area (Å²) in [7, 11) is 0. The minimum Gasteiger partial charge on any atom is -0.374 e. The molecule has 0 spiro atoms. The molecule has 4 heteroatoms. The van der Waals surface area contributed by atoms with Crippen LogP contribution in [0.4, 0.5) is 11.4 Å². The molecule has 2 aromatic heterocycles. The Labute approximate surface area is 187 Å². The lowest BCUT2D eigenvalue weighted by Gasteiger charge is -2.32. The van der Waals surface area contributed by atoms with Crippen molar-refractivity contribution in [2.75, 3.05) is 5.32 Å². The van der Waals surface area contributed by atoms with Gasteiger partial charge in [-0.2, -0.15) is 0 Å². The number of fused-ring (bicyclic) bond motifs is 3. The number of hydrogen-bond acceptors (Lipinski definition) is 2. The van der Waals surface area contributed by atoms with Crippen molar-refractivity contribution < 1.29 is 0 Å². The second kappa shape index (κ2) is 6.86. The van der Waals surface area contributed by atoms with Crippen molar-refractivity contribution in [3.8, 4) is 0 Å². The van der Waals surface area contributed by atoms with Gasteiger partial charge in [0.25, 0.3) is 0 Å². The fourth-order valence-corrected chi connectivity index (χ4v) is 5.47. The van der Waals surface area contributed by atoms with E-state index in [2.05, 4.69) is 109 Å². The SMILES string of the molecule is Cc1[nH]c2ccccc2c1C1=Nc2ccccc2NC(C)(c2c(C)[nH]c3ccccc23)C1. The van der Waals surface area contributed by atoms with Gasteiger partial charge in [0, 0.05) is 50.7 Å². The van der Waals surface area contributed by atoms with Crippen molar-refractivity contribution >= 4 is 38.9 Å². The van der Waals surface area contributed by atoms with Gasteiger partial charge in [-0.05, 0) is 45.0 Å². The van der Waals surface area contributed by atoms with Gasteiger partial charge in [-0.1, -0.05) is 48.5 Å². The molecule has 0 fully saturated rings. The molecule has 1 unspecified atom stereocenters. The maximum Gasteiger partial charge on any atom is 0.0864 e. The summed E-state index contributed by atoms with van der Waals surface area (Å²) in [5, 5.41) is 6.37. The zero-order valence-corrected chi connectivity index (χ0v) is 18.6. The molecule has 1 aliphatic rings. The van der Waals surface area contributed by atoms with Crippen molar-refractivity contribution in [1.29, 1.82) is 0 Å². The molecule has 4 nitrogen and oxygen atoms in total. The minimum atomic E-state index is -0.333. The van der Waals surface area contributed by atoms with Crippen LogP contribution in [0, 0.1) is 13.8 Å². The number of nitrogens with one attached hydrogen (secondary N) is 3. The molecular formula is C28H26N4. The highest BCUT2D eigenvalue weighted by atomic mass is 15.0. The van der Waals surface area contributed by atoms with E-state index in [1.165, 1.54) is 33.1 Å². The smallest absolute Gasteiger partial charge is 0.0864 e. The van der Waals surface area contributed by atoms with Crippen LogP contribution >= 0.6 is 0 Å². The van der Waals surface area contributed by atoms with Gasteiger partial charge in [0.2, 0.25) is 0 Å². The van der Waals surface area contributed by atoms with E-state index < -0.39 is 0 Å². The van der Waals surface area contributed by atoms with Crippen molar-refractivity contribution in [3.05, 3.63) is 95.3 Å². The lowest BCUT2D eigenvalue weighted by molar-refractivity contribution is 0.572. The van der Waals surface area contributed by atoms with Crippen LogP contribution in [0.15, 0.2) is 77.8 Å². The molecular weight excluding hydrogens is 392 g/mol. The highest BCUT2D eigenvalue weighted by Gasteiger charge is 2.36. The third-order valence-electron chi connectivity index (χ3n) is 6.72. The fourth-order valence-electron chi connectivity index (χ4n) is 5.47. The number of aryl methyl sites for hydroxylation is 2.